The molecule has 0 amide bonds. The second-order valence-corrected chi connectivity index (χ2v) is 9.95. The van der Waals surface area contributed by atoms with Gasteiger partial charge in [-0.1, -0.05) is 90.1 Å². The summed E-state index contributed by atoms with van der Waals surface area (Å²) in [6.07, 6.45) is 4.56. The lowest BCUT2D eigenvalue weighted by atomic mass is 9.77. The lowest BCUT2D eigenvalue weighted by molar-refractivity contribution is 0.106. The molecule has 2 atom stereocenters. The van der Waals surface area contributed by atoms with E-state index in [0.29, 0.717) is 18.9 Å². The average Bonchev–Trinajstić information content (AvgIpc) is 3.02. The maximum Gasteiger partial charge on any atom is 0.119 e. The van der Waals surface area contributed by atoms with E-state index in [1.165, 1.54) is 0 Å². The van der Waals surface area contributed by atoms with Crippen LogP contribution in [0.4, 0.5) is 0 Å². The molecule has 3 N–H and O–H groups in total. The van der Waals surface area contributed by atoms with Crippen LogP contribution in [0, 0.1) is 5.92 Å². The van der Waals surface area contributed by atoms with Crippen molar-refractivity contribution in [1.29, 1.82) is 0 Å². The Morgan fingerprint density at radius 1 is 0.775 bits per heavy atom. The number of nitrogens with zero attached hydrogens (tertiary/aromatic N) is 1. The fourth-order valence-electron chi connectivity index (χ4n) is 5.14. The Hall–Kier alpha value is -4.39. The van der Waals surface area contributed by atoms with Gasteiger partial charge in [0.1, 0.15) is 24.7 Å². The van der Waals surface area contributed by atoms with Crippen LogP contribution in [0.1, 0.15) is 47.6 Å². The van der Waals surface area contributed by atoms with E-state index in [9.17, 15) is 10.4 Å². The molecule has 0 saturated heterocycles. The van der Waals surface area contributed by atoms with Gasteiger partial charge in [0.25, 0.3) is 0 Å². The minimum Gasteiger partial charge on any atom is -0.489 e. The SMILES string of the molecule is ON=C1C(=Cc2ccc(OCc3ccccc3)cc2)CCCC1C(NO)c1ccc(OCc2ccccc2)cc1. The fourth-order valence-corrected chi connectivity index (χ4v) is 5.14. The topological polar surface area (TPSA) is 83.3 Å². The minimum absolute atomic E-state index is 0.195. The Labute approximate surface area is 235 Å². The highest BCUT2D eigenvalue weighted by Gasteiger charge is 2.33. The third-order valence-electron chi connectivity index (χ3n) is 7.25. The van der Waals surface area contributed by atoms with Crippen molar-refractivity contribution in [3.05, 3.63) is 137 Å². The number of hydrogen-bond acceptors (Lipinski definition) is 6. The molecule has 4 aromatic rings. The number of nitrogens with one attached hydrogen (secondary N) is 1. The van der Waals surface area contributed by atoms with Crippen LogP contribution in [-0.4, -0.2) is 16.1 Å². The molecule has 1 saturated carbocycles. The van der Waals surface area contributed by atoms with Crippen molar-refractivity contribution in [3.8, 4) is 11.5 Å². The first-order valence-corrected chi connectivity index (χ1v) is 13.6. The number of oxime groups is 1. The Morgan fingerprint density at radius 3 is 1.85 bits per heavy atom. The van der Waals surface area contributed by atoms with E-state index in [4.69, 9.17) is 9.47 Å². The van der Waals surface area contributed by atoms with Crippen molar-refractivity contribution in [2.45, 2.75) is 38.5 Å². The van der Waals surface area contributed by atoms with Gasteiger partial charge in [0, 0.05) is 5.92 Å². The van der Waals surface area contributed by atoms with Crippen LogP contribution in [0.3, 0.4) is 0 Å². The average molecular weight is 535 g/mol. The molecule has 1 fully saturated rings. The second-order valence-electron chi connectivity index (χ2n) is 9.95. The molecule has 2 unspecified atom stereocenters. The molecule has 40 heavy (non-hydrogen) atoms. The number of benzene rings is 4. The van der Waals surface area contributed by atoms with E-state index in [0.717, 1.165) is 58.6 Å². The van der Waals surface area contributed by atoms with E-state index in [-0.39, 0.29) is 5.92 Å². The quantitative estimate of drug-likeness (QED) is 0.144. The molecule has 1 aliphatic rings. The largest absolute Gasteiger partial charge is 0.489 e. The highest BCUT2D eigenvalue weighted by Crippen LogP contribution is 2.36. The van der Waals surface area contributed by atoms with E-state index in [1.807, 2.05) is 109 Å². The molecule has 0 aromatic heterocycles. The summed E-state index contributed by atoms with van der Waals surface area (Å²) in [4.78, 5) is 0. The lowest BCUT2D eigenvalue weighted by Crippen LogP contribution is -2.34. The molecule has 204 valence electrons. The van der Waals surface area contributed by atoms with Crippen LogP contribution in [0.25, 0.3) is 6.08 Å². The predicted molar refractivity (Wildman–Crippen MR) is 157 cm³/mol. The first-order chi connectivity index (χ1) is 19.7. The maximum atomic E-state index is 10.2. The van der Waals surface area contributed by atoms with Gasteiger partial charge < -0.3 is 19.9 Å². The number of ether oxygens (including phenoxy) is 2. The fraction of sp³-hybridized carbons (Fsp3) is 0.206. The van der Waals surface area contributed by atoms with Crippen LogP contribution in [-0.2, 0) is 13.2 Å². The molecule has 6 nitrogen and oxygen atoms in total. The van der Waals surface area contributed by atoms with Gasteiger partial charge in [0.05, 0.1) is 11.8 Å². The normalized spacial score (nSPS) is 18.0. The summed E-state index contributed by atoms with van der Waals surface area (Å²) in [6.45, 7) is 1.00. The highest BCUT2D eigenvalue weighted by atomic mass is 16.5. The van der Waals surface area contributed by atoms with Gasteiger partial charge in [0.15, 0.2) is 0 Å². The van der Waals surface area contributed by atoms with E-state index >= 15 is 0 Å². The van der Waals surface area contributed by atoms with E-state index in [1.54, 1.807) is 0 Å². The molecule has 6 heteroatoms. The van der Waals surface area contributed by atoms with E-state index in [2.05, 4.69) is 16.7 Å². The zero-order valence-corrected chi connectivity index (χ0v) is 22.3. The second kappa shape index (κ2) is 13.6. The molecule has 0 spiro atoms. The molecule has 0 heterocycles. The van der Waals surface area contributed by atoms with Crippen molar-refractivity contribution in [1.82, 2.24) is 5.48 Å². The zero-order chi connectivity index (χ0) is 27.6. The van der Waals surface area contributed by atoms with Crippen LogP contribution in [0.5, 0.6) is 11.5 Å². The van der Waals surface area contributed by atoms with Crippen LogP contribution in [0.2, 0.25) is 0 Å². The number of hydroxylamine groups is 1. The van der Waals surface area contributed by atoms with Crippen molar-refractivity contribution in [2.75, 3.05) is 0 Å². The molecule has 0 aliphatic heterocycles. The van der Waals surface area contributed by atoms with E-state index < -0.39 is 6.04 Å². The first kappa shape index (κ1) is 27.2. The lowest BCUT2D eigenvalue weighted by Gasteiger charge is -2.32. The number of hydrogen-bond donors (Lipinski definition) is 3. The summed E-state index contributed by atoms with van der Waals surface area (Å²) in [6, 6.07) is 35.2. The summed E-state index contributed by atoms with van der Waals surface area (Å²) in [5, 5.41) is 23.9. The maximum absolute atomic E-state index is 10.2. The molecule has 4 aromatic carbocycles. The zero-order valence-electron chi connectivity index (χ0n) is 22.3. The third-order valence-corrected chi connectivity index (χ3v) is 7.25. The molecular formula is C34H34N2O4. The van der Waals surface area contributed by atoms with Gasteiger partial charge in [-0.3, -0.25) is 0 Å². The van der Waals surface area contributed by atoms with Crippen LogP contribution in [0.15, 0.2) is 120 Å². The van der Waals surface area contributed by atoms with Crippen molar-refractivity contribution >= 4 is 11.8 Å². The Kier molecular flexibility index (Phi) is 9.25. The Morgan fingerprint density at radius 2 is 1.32 bits per heavy atom. The predicted octanol–water partition coefficient (Wildman–Crippen LogP) is 7.58. The van der Waals surface area contributed by atoms with Gasteiger partial charge >= 0.3 is 0 Å². The van der Waals surface area contributed by atoms with Gasteiger partial charge in [-0.25, -0.2) is 0 Å². The standard InChI is InChI=1S/C34H34N2O4/c37-35-33(28-16-20-31(21-17-28)40-24-27-10-5-2-6-11-27)32-13-7-12-29(34(32)36-38)22-25-14-18-30(19-15-25)39-23-26-8-3-1-4-9-26/h1-6,8-11,14-22,32-33,35,37-38H,7,12-13,23-24H2. The van der Waals surface area contributed by atoms with Gasteiger partial charge in [-0.15, -0.1) is 0 Å². The third kappa shape index (κ3) is 6.97. The van der Waals surface area contributed by atoms with Crippen molar-refractivity contribution in [2.24, 2.45) is 11.1 Å². The van der Waals surface area contributed by atoms with Gasteiger partial charge in [-0.2, -0.15) is 5.48 Å². The highest BCUT2D eigenvalue weighted by molar-refractivity contribution is 6.06. The molecule has 0 bridgehead atoms. The number of allylic oxidation sites excluding steroid dienone is 1. The molecule has 1 aliphatic carbocycles. The van der Waals surface area contributed by atoms with Crippen molar-refractivity contribution in [3.63, 3.8) is 0 Å². The summed E-state index contributed by atoms with van der Waals surface area (Å²) in [5.41, 5.74) is 8.12. The van der Waals surface area contributed by atoms with Crippen LogP contribution >= 0.6 is 0 Å². The van der Waals surface area contributed by atoms with Gasteiger partial charge in [0.2, 0.25) is 0 Å². The molecule has 0 radical (unpaired) electrons. The van der Waals surface area contributed by atoms with Crippen molar-refractivity contribution < 1.29 is 19.9 Å². The summed E-state index contributed by atoms with van der Waals surface area (Å²) >= 11 is 0. The Balaban J connectivity index is 1.25. The van der Waals surface area contributed by atoms with Gasteiger partial charge in [-0.05, 0) is 77.4 Å². The van der Waals surface area contributed by atoms with Crippen LogP contribution < -0.4 is 15.0 Å². The molecular weight excluding hydrogens is 500 g/mol. The minimum atomic E-state index is -0.425. The number of rotatable bonds is 10. The first-order valence-electron chi connectivity index (χ1n) is 13.6. The summed E-state index contributed by atoms with van der Waals surface area (Å²) in [5.74, 6) is 1.35. The monoisotopic (exact) mass is 534 g/mol. The molecule has 5 rings (SSSR count). The Bertz CT molecular complexity index is 1400. The summed E-state index contributed by atoms with van der Waals surface area (Å²) in [7, 11) is 0. The summed E-state index contributed by atoms with van der Waals surface area (Å²) < 4.78 is 11.8. The smallest absolute Gasteiger partial charge is 0.119 e.